The van der Waals surface area contributed by atoms with Crippen LogP contribution in [0.25, 0.3) is 0 Å². The third-order valence-corrected chi connectivity index (χ3v) is 5.52. The summed E-state index contributed by atoms with van der Waals surface area (Å²) in [5.74, 6) is 0. The summed E-state index contributed by atoms with van der Waals surface area (Å²) in [7, 11) is 1.43. The Morgan fingerprint density at radius 1 is 1.12 bits per heavy atom. The summed E-state index contributed by atoms with van der Waals surface area (Å²) < 4.78 is 5.03. The molecule has 4 nitrogen and oxygen atoms in total. The van der Waals surface area contributed by atoms with Crippen LogP contribution in [-0.2, 0) is 11.2 Å². The number of benzene rings is 1. The number of likely N-dealkylation sites (tertiary alicyclic amines) is 1. The first-order valence-corrected chi connectivity index (χ1v) is 10.3. The molecule has 0 aromatic heterocycles. The molecular formula is C22H35NO3. The van der Waals surface area contributed by atoms with Crippen molar-refractivity contribution in [3.8, 4) is 0 Å². The van der Waals surface area contributed by atoms with E-state index in [1.165, 1.54) is 45.6 Å². The Balaban J connectivity index is 1.88. The summed E-state index contributed by atoms with van der Waals surface area (Å²) >= 11 is 0. The van der Waals surface area contributed by atoms with Crippen LogP contribution < -0.4 is 0 Å². The maximum Gasteiger partial charge on any atom is 0.410 e. The lowest BCUT2D eigenvalue weighted by atomic mass is 10.0. The van der Waals surface area contributed by atoms with Crippen LogP contribution in [0.5, 0.6) is 0 Å². The second-order valence-electron chi connectivity index (χ2n) is 7.50. The van der Waals surface area contributed by atoms with Crippen LogP contribution in [0.1, 0.15) is 70.3 Å². The summed E-state index contributed by atoms with van der Waals surface area (Å²) in [5, 5.41) is 10.6. The molecule has 0 aliphatic carbocycles. The number of aliphatic hydroxyl groups is 1. The summed E-state index contributed by atoms with van der Waals surface area (Å²) in [6, 6.07) is 9.96. The quantitative estimate of drug-likeness (QED) is 0.601. The number of hydrogen-bond acceptors (Lipinski definition) is 3. The van der Waals surface area contributed by atoms with Crippen molar-refractivity contribution in [2.75, 3.05) is 7.11 Å². The van der Waals surface area contributed by atoms with E-state index in [4.69, 9.17) is 4.74 Å². The highest BCUT2D eigenvalue weighted by molar-refractivity contribution is 5.69. The van der Waals surface area contributed by atoms with Gasteiger partial charge in [-0.05, 0) is 24.8 Å². The number of rotatable bonds is 10. The van der Waals surface area contributed by atoms with Crippen molar-refractivity contribution >= 4 is 6.09 Å². The number of methoxy groups -OCH3 is 1. The van der Waals surface area contributed by atoms with E-state index in [1.807, 2.05) is 30.3 Å². The first kappa shape index (κ1) is 20.8. The topological polar surface area (TPSA) is 49.8 Å². The fraction of sp³-hybridized carbons (Fsp3) is 0.682. The first-order valence-electron chi connectivity index (χ1n) is 10.3. The fourth-order valence-corrected chi connectivity index (χ4v) is 4.08. The second kappa shape index (κ2) is 11.2. The van der Waals surface area contributed by atoms with Gasteiger partial charge in [0.25, 0.3) is 0 Å². The first-order chi connectivity index (χ1) is 12.7. The Kier molecular flexibility index (Phi) is 8.96. The Labute approximate surface area is 158 Å². The van der Waals surface area contributed by atoms with E-state index in [0.717, 1.165) is 18.4 Å². The molecule has 0 saturated carbocycles. The molecule has 0 spiro atoms. The molecule has 0 radical (unpaired) electrons. The lowest BCUT2D eigenvalue weighted by Crippen LogP contribution is -2.44. The van der Waals surface area contributed by atoms with Crippen molar-refractivity contribution in [1.29, 1.82) is 0 Å². The van der Waals surface area contributed by atoms with Gasteiger partial charge in [0.2, 0.25) is 0 Å². The molecule has 4 heteroatoms. The lowest BCUT2D eigenvalue weighted by Gasteiger charge is -2.29. The van der Waals surface area contributed by atoms with Crippen LogP contribution >= 0.6 is 0 Å². The second-order valence-corrected chi connectivity index (χ2v) is 7.50. The number of aliphatic hydroxyl groups excluding tert-OH is 1. The number of unbranched alkanes of at least 4 members (excludes halogenated alkanes) is 6. The smallest absolute Gasteiger partial charge is 0.410 e. The number of hydrogen-bond donors (Lipinski definition) is 1. The molecule has 1 aliphatic heterocycles. The van der Waals surface area contributed by atoms with Crippen LogP contribution in [0, 0.1) is 0 Å². The number of amides is 1. The predicted molar refractivity (Wildman–Crippen MR) is 105 cm³/mol. The van der Waals surface area contributed by atoms with Gasteiger partial charge in [-0.25, -0.2) is 4.79 Å². The molecule has 1 fully saturated rings. The number of ether oxygens (including phenoxy) is 1. The maximum atomic E-state index is 12.4. The van der Waals surface area contributed by atoms with Crippen LogP contribution in [0.4, 0.5) is 4.79 Å². The maximum absolute atomic E-state index is 12.4. The van der Waals surface area contributed by atoms with Crippen LogP contribution in [0.2, 0.25) is 0 Å². The molecule has 0 unspecified atom stereocenters. The third kappa shape index (κ3) is 6.01. The SMILES string of the molecule is CCCCCCCCC[C@@H]1C[C@H](O)[C@H](Cc2ccccc2)N1C(=O)OC. The van der Waals surface area contributed by atoms with Gasteiger partial charge in [0.05, 0.1) is 19.3 Å². The van der Waals surface area contributed by atoms with Crippen molar-refractivity contribution in [3.05, 3.63) is 35.9 Å². The van der Waals surface area contributed by atoms with Crippen LogP contribution in [-0.4, -0.2) is 41.4 Å². The van der Waals surface area contributed by atoms with Gasteiger partial charge >= 0.3 is 6.09 Å². The van der Waals surface area contributed by atoms with Gasteiger partial charge in [-0.3, -0.25) is 4.90 Å². The molecule has 1 heterocycles. The summed E-state index contributed by atoms with van der Waals surface area (Å²) in [4.78, 5) is 14.2. The van der Waals surface area contributed by atoms with Gasteiger partial charge in [-0.1, -0.05) is 82.2 Å². The van der Waals surface area contributed by atoms with Crippen molar-refractivity contribution in [2.24, 2.45) is 0 Å². The van der Waals surface area contributed by atoms with E-state index >= 15 is 0 Å². The van der Waals surface area contributed by atoms with Gasteiger partial charge in [-0.2, -0.15) is 0 Å². The predicted octanol–water partition coefficient (Wildman–Crippen LogP) is 4.94. The summed E-state index contributed by atoms with van der Waals surface area (Å²) in [5.41, 5.74) is 1.14. The largest absolute Gasteiger partial charge is 0.453 e. The minimum atomic E-state index is -0.483. The van der Waals surface area contributed by atoms with Gasteiger partial charge < -0.3 is 9.84 Å². The highest BCUT2D eigenvalue weighted by Crippen LogP contribution is 2.31. The van der Waals surface area contributed by atoms with Crippen molar-refractivity contribution in [3.63, 3.8) is 0 Å². The number of nitrogens with zero attached hydrogens (tertiary/aromatic N) is 1. The van der Waals surface area contributed by atoms with E-state index in [9.17, 15) is 9.90 Å². The average Bonchev–Trinajstić information content (AvgIpc) is 2.96. The molecule has 0 bridgehead atoms. The fourth-order valence-electron chi connectivity index (χ4n) is 4.08. The Bertz CT molecular complexity index is 519. The van der Waals surface area contributed by atoms with Gasteiger partial charge in [0.1, 0.15) is 0 Å². The molecule has 1 aromatic carbocycles. The van der Waals surface area contributed by atoms with Crippen molar-refractivity contribution in [2.45, 2.75) is 89.3 Å². The zero-order chi connectivity index (χ0) is 18.8. The molecule has 1 aromatic rings. The minimum absolute atomic E-state index is 0.0850. The molecule has 26 heavy (non-hydrogen) atoms. The molecule has 146 valence electrons. The zero-order valence-corrected chi connectivity index (χ0v) is 16.4. The van der Waals surface area contributed by atoms with Gasteiger partial charge in [0.15, 0.2) is 0 Å². The molecular weight excluding hydrogens is 326 g/mol. The van der Waals surface area contributed by atoms with E-state index in [-0.39, 0.29) is 18.2 Å². The van der Waals surface area contributed by atoms with E-state index < -0.39 is 6.10 Å². The molecule has 1 saturated heterocycles. The molecule has 2 rings (SSSR count). The van der Waals surface area contributed by atoms with Gasteiger partial charge in [0, 0.05) is 6.04 Å². The Morgan fingerprint density at radius 3 is 2.42 bits per heavy atom. The zero-order valence-electron chi connectivity index (χ0n) is 16.4. The third-order valence-electron chi connectivity index (χ3n) is 5.52. The highest BCUT2D eigenvalue weighted by Gasteiger charge is 2.43. The van der Waals surface area contributed by atoms with Crippen LogP contribution in [0.3, 0.4) is 0 Å². The average molecular weight is 362 g/mol. The van der Waals surface area contributed by atoms with Crippen molar-refractivity contribution < 1.29 is 14.6 Å². The summed E-state index contributed by atoms with van der Waals surface area (Å²) in [6.45, 7) is 2.23. The van der Waals surface area contributed by atoms with E-state index in [0.29, 0.717) is 12.8 Å². The Morgan fingerprint density at radius 2 is 1.77 bits per heavy atom. The monoisotopic (exact) mass is 361 g/mol. The molecule has 1 N–H and O–H groups in total. The molecule has 1 amide bonds. The van der Waals surface area contributed by atoms with E-state index in [1.54, 1.807) is 4.90 Å². The molecule has 1 aliphatic rings. The summed E-state index contributed by atoms with van der Waals surface area (Å²) in [6.07, 6.45) is 10.3. The molecule has 3 atom stereocenters. The van der Waals surface area contributed by atoms with Crippen LogP contribution in [0.15, 0.2) is 30.3 Å². The van der Waals surface area contributed by atoms with E-state index in [2.05, 4.69) is 6.92 Å². The van der Waals surface area contributed by atoms with Crippen molar-refractivity contribution in [1.82, 2.24) is 4.90 Å². The lowest BCUT2D eigenvalue weighted by molar-refractivity contribution is 0.0789. The normalized spacial score (nSPS) is 22.6. The Hall–Kier alpha value is -1.55. The minimum Gasteiger partial charge on any atom is -0.453 e. The number of carbonyl (C=O) groups is 1. The number of carbonyl (C=O) groups excluding carboxylic acids is 1. The van der Waals surface area contributed by atoms with Gasteiger partial charge in [-0.15, -0.1) is 0 Å². The highest BCUT2D eigenvalue weighted by atomic mass is 16.5. The standard InChI is InChI=1S/C22H35NO3/c1-3-4-5-6-7-8-12-15-19-17-21(24)20(23(19)22(25)26-2)16-18-13-10-9-11-14-18/h9-11,13-14,19-21,24H,3-8,12,15-17H2,1-2H3/t19-,20+,21+/m1/s1.